The van der Waals surface area contributed by atoms with Crippen molar-refractivity contribution in [3.05, 3.63) is 16.0 Å². The second-order valence-electron chi connectivity index (χ2n) is 9.26. The molecular weight excluding hydrogens is 360 g/mol. The van der Waals surface area contributed by atoms with E-state index < -0.39 is 5.97 Å². The molecule has 1 amide bonds. The average molecular weight is 393 g/mol. The summed E-state index contributed by atoms with van der Waals surface area (Å²) in [5.41, 5.74) is 1.38. The van der Waals surface area contributed by atoms with Crippen LogP contribution in [0.4, 0.5) is 5.00 Å². The molecule has 27 heavy (non-hydrogen) atoms. The summed E-state index contributed by atoms with van der Waals surface area (Å²) in [5, 5.41) is 13.4. The van der Waals surface area contributed by atoms with E-state index in [1.54, 1.807) is 0 Å². The standard InChI is InChI=1S/C21H32N2O3S/c1-21(2)10-9-16-15(11-21)17(20(25)26)19(27-16)22-18(24)14-8-6-5-7-13(14)12-23(3)4/h13-14H,5-12H2,1-4H3,(H,22,24)(H,25,26). The van der Waals surface area contributed by atoms with E-state index in [0.29, 0.717) is 16.5 Å². The smallest absolute Gasteiger partial charge is 0.339 e. The summed E-state index contributed by atoms with van der Waals surface area (Å²) in [7, 11) is 4.09. The molecule has 0 aromatic carbocycles. The number of aryl methyl sites for hydroxylation is 1. The first-order chi connectivity index (χ1) is 12.7. The van der Waals surface area contributed by atoms with Crippen molar-refractivity contribution in [3.8, 4) is 0 Å². The molecule has 0 aliphatic heterocycles. The van der Waals surface area contributed by atoms with Gasteiger partial charge in [-0.2, -0.15) is 0 Å². The number of carbonyl (C=O) groups is 2. The van der Waals surface area contributed by atoms with Crippen molar-refractivity contribution < 1.29 is 14.7 Å². The van der Waals surface area contributed by atoms with Crippen molar-refractivity contribution in [2.45, 2.75) is 58.8 Å². The minimum atomic E-state index is -0.922. The summed E-state index contributed by atoms with van der Waals surface area (Å²) in [6.07, 6.45) is 6.93. The fraction of sp³-hybridized carbons (Fsp3) is 0.714. The molecule has 5 nitrogen and oxygen atoms in total. The molecule has 0 spiro atoms. The minimum Gasteiger partial charge on any atom is -0.478 e. The maximum atomic E-state index is 13.1. The van der Waals surface area contributed by atoms with Crippen LogP contribution < -0.4 is 5.32 Å². The summed E-state index contributed by atoms with van der Waals surface area (Å²) >= 11 is 1.48. The quantitative estimate of drug-likeness (QED) is 0.785. The van der Waals surface area contributed by atoms with Gasteiger partial charge in [0.1, 0.15) is 5.00 Å². The molecule has 1 aromatic heterocycles. The molecule has 6 heteroatoms. The molecule has 1 heterocycles. The highest BCUT2D eigenvalue weighted by Crippen LogP contribution is 2.44. The van der Waals surface area contributed by atoms with Crippen LogP contribution in [0.3, 0.4) is 0 Å². The molecule has 1 aromatic rings. The van der Waals surface area contributed by atoms with Gasteiger partial charge in [0.15, 0.2) is 0 Å². The van der Waals surface area contributed by atoms with Gasteiger partial charge in [0.05, 0.1) is 5.56 Å². The molecule has 2 unspecified atom stereocenters. The zero-order valence-corrected chi connectivity index (χ0v) is 17.7. The zero-order valence-electron chi connectivity index (χ0n) is 16.9. The van der Waals surface area contributed by atoms with Gasteiger partial charge in [0.2, 0.25) is 5.91 Å². The van der Waals surface area contributed by atoms with Crippen LogP contribution in [0.2, 0.25) is 0 Å². The second-order valence-corrected chi connectivity index (χ2v) is 10.4. The number of anilines is 1. The highest BCUT2D eigenvalue weighted by molar-refractivity contribution is 7.17. The molecular formula is C21H32N2O3S. The number of hydrogen-bond donors (Lipinski definition) is 2. The first-order valence-electron chi connectivity index (χ1n) is 10.0. The van der Waals surface area contributed by atoms with Gasteiger partial charge in [-0.1, -0.05) is 26.7 Å². The molecule has 0 bridgehead atoms. The number of carbonyl (C=O) groups excluding carboxylic acids is 1. The first kappa shape index (κ1) is 20.3. The Morgan fingerprint density at radius 1 is 1.26 bits per heavy atom. The SMILES string of the molecule is CN(C)CC1CCCCC1C(=O)Nc1sc2c(c1C(=O)O)CC(C)(C)CC2. The molecule has 0 radical (unpaired) electrons. The lowest BCUT2D eigenvalue weighted by molar-refractivity contribution is -0.122. The van der Waals surface area contributed by atoms with E-state index in [2.05, 4.69) is 24.1 Å². The summed E-state index contributed by atoms with van der Waals surface area (Å²) in [4.78, 5) is 28.3. The van der Waals surface area contributed by atoms with Gasteiger partial charge in [0, 0.05) is 17.3 Å². The van der Waals surface area contributed by atoms with Crippen molar-refractivity contribution in [3.63, 3.8) is 0 Å². The van der Waals surface area contributed by atoms with Gasteiger partial charge in [-0.15, -0.1) is 11.3 Å². The van der Waals surface area contributed by atoms with Crippen molar-refractivity contribution in [2.75, 3.05) is 26.0 Å². The third-order valence-corrected chi connectivity index (χ3v) is 7.28. The van der Waals surface area contributed by atoms with Crippen LogP contribution in [0, 0.1) is 17.3 Å². The van der Waals surface area contributed by atoms with Crippen molar-refractivity contribution in [1.29, 1.82) is 0 Å². The Kier molecular flexibility index (Phi) is 5.96. The number of hydrogen-bond acceptors (Lipinski definition) is 4. The predicted octanol–water partition coefficient (Wildman–Crippen LogP) is 4.27. The lowest BCUT2D eigenvalue weighted by Gasteiger charge is -2.32. The molecule has 2 aliphatic rings. The topological polar surface area (TPSA) is 69.6 Å². The number of amides is 1. The number of nitrogens with zero attached hydrogens (tertiary/aromatic N) is 1. The lowest BCUT2D eigenvalue weighted by atomic mass is 9.76. The second kappa shape index (κ2) is 7.92. The van der Waals surface area contributed by atoms with E-state index in [0.717, 1.165) is 55.5 Å². The molecule has 1 fully saturated rings. The number of carboxylic acids is 1. The lowest BCUT2D eigenvalue weighted by Crippen LogP contribution is -2.37. The van der Waals surface area contributed by atoms with E-state index in [4.69, 9.17) is 0 Å². The number of thiophene rings is 1. The molecule has 1 saturated carbocycles. The maximum Gasteiger partial charge on any atom is 0.339 e. The highest BCUT2D eigenvalue weighted by Gasteiger charge is 2.35. The maximum absolute atomic E-state index is 13.1. The fourth-order valence-corrected chi connectivity index (χ4v) is 5.89. The van der Waals surface area contributed by atoms with Gasteiger partial charge in [0.25, 0.3) is 0 Å². The number of fused-ring (bicyclic) bond motifs is 1. The Hall–Kier alpha value is -1.40. The van der Waals surface area contributed by atoms with Crippen LogP contribution in [0.15, 0.2) is 0 Å². The van der Waals surface area contributed by atoms with Crippen molar-refractivity contribution in [1.82, 2.24) is 4.90 Å². The third kappa shape index (κ3) is 4.54. The van der Waals surface area contributed by atoms with Crippen LogP contribution in [-0.4, -0.2) is 42.5 Å². The Morgan fingerprint density at radius 3 is 2.63 bits per heavy atom. The van der Waals surface area contributed by atoms with Gasteiger partial charge in [-0.3, -0.25) is 4.79 Å². The van der Waals surface area contributed by atoms with Crippen molar-refractivity contribution >= 4 is 28.2 Å². The molecule has 2 atom stereocenters. The van der Waals surface area contributed by atoms with E-state index >= 15 is 0 Å². The molecule has 0 saturated heterocycles. The number of aromatic carboxylic acids is 1. The van der Waals surface area contributed by atoms with Gasteiger partial charge >= 0.3 is 5.97 Å². The van der Waals surface area contributed by atoms with E-state index in [9.17, 15) is 14.7 Å². The molecule has 3 rings (SSSR count). The Morgan fingerprint density at radius 2 is 1.96 bits per heavy atom. The molecule has 2 N–H and O–H groups in total. The van der Waals surface area contributed by atoms with Crippen LogP contribution in [0.1, 0.15) is 66.8 Å². The first-order valence-corrected chi connectivity index (χ1v) is 10.8. The summed E-state index contributed by atoms with van der Waals surface area (Å²) < 4.78 is 0. The van der Waals surface area contributed by atoms with E-state index in [1.807, 2.05) is 14.1 Å². The van der Waals surface area contributed by atoms with Crippen LogP contribution >= 0.6 is 11.3 Å². The van der Waals surface area contributed by atoms with E-state index in [-0.39, 0.29) is 17.2 Å². The molecule has 150 valence electrons. The van der Waals surface area contributed by atoms with E-state index in [1.165, 1.54) is 17.8 Å². The Bertz CT molecular complexity index is 723. The fourth-order valence-electron chi connectivity index (χ4n) is 4.68. The Balaban J connectivity index is 1.83. The monoisotopic (exact) mass is 392 g/mol. The van der Waals surface area contributed by atoms with Gasteiger partial charge in [-0.05, 0) is 63.1 Å². The third-order valence-electron chi connectivity index (χ3n) is 6.07. The van der Waals surface area contributed by atoms with Crippen LogP contribution in [0.5, 0.6) is 0 Å². The summed E-state index contributed by atoms with van der Waals surface area (Å²) in [5.74, 6) is -0.607. The Labute approximate surface area is 166 Å². The minimum absolute atomic E-state index is 0.00177. The largest absolute Gasteiger partial charge is 0.478 e. The predicted molar refractivity (Wildman–Crippen MR) is 110 cm³/mol. The number of rotatable bonds is 5. The highest BCUT2D eigenvalue weighted by atomic mass is 32.1. The van der Waals surface area contributed by atoms with Crippen LogP contribution in [-0.2, 0) is 17.6 Å². The van der Waals surface area contributed by atoms with Crippen molar-refractivity contribution in [2.24, 2.45) is 17.3 Å². The summed E-state index contributed by atoms with van der Waals surface area (Å²) in [6.45, 7) is 5.27. The van der Waals surface area contributed by atoms with Crippen LogP contribution in [0.25, 0.3) is 0 Å². The van der Waals surface area contributed by atoms with Gasteiger partial charge in [-0.25, -0.2) is 4.79 Å². The zero-order chi connectivity index (χ0) is 19.8. The summed E-state index contributed by atoms with van der Waals surface area (Å²) in [6, 6.07) is 0. The average Bonchev–Trinajstić information content (AvgIpc) is 2.90. The number of carboxylic acid groups (broad SMARTS) is 1. The molecule has 2 aliphatic carbocycles. The normalized spacial score (nSPS) is 24.5. The van der Waals surface area contributed by atoms with Gasteiger partial charge < -0.3 is 15.3 Å². The number of nitrogens with one attached hydrogen (secondary N) is 1.